The normalized spacial score (nSPS) is 15.1. The van der Waals surface area contributed by atoms with Gasteiger partial charge in [0.15, 0.2) is 6.10 Å². The quantitative estimate of drug-likeness (QED) is 0.216. The lowest BCUT2D eigenvalue weighted by Gasteiger charge is -2.29. The van der Waals surface area contributed by atoms with E-state index in [1.165, 1.54) is 12.8 Å². The Morgan fingerprint density at radius 2 is 1.43 bits per heavy atom. The number of nitrogens with zero attached hydrogens (tertiary/aromatic N) is 1. The summed E-state index contributed by atoms with van der Waals surface area (Å²) in [7, 11) is 5.63. The Kier molecular flexibility index (Phi) is 14.1. The lowest BCUT2D eigenvalue weighted by atomic mass is 10.0. The van der Waals surface area contributed by atoms with Gasteiger partial charge in [-0.1, -0.05) is 45.4 Å². The van der Waals surface area contributed by atoms with Crippen LogP contribution >= 0.6 is 0 Å². The highest BCUT2D eigenvalue weighted by molar-refractivity contribution is 5.71. The molecule has 0 saturated carbocycles. The molecule has 166 valence electrons. The average molecular weight is 404 g/mol. The van der Waals surface area contributed by atoms with Gasteiger partial charge in [0.2, 0.25) is 0 Å². The molecule has 0 aliphatic rings. The van der Waals surface area contributed by atoms with Crippen LogP contribution in [0.3, 0.4) is 0 Å². The van der Waals surface area contributed by atoms with Gasteiger partial charge in [0, 0.05) is 12.4 Å². The van der Waals surface area contributed by atoms with E-state index in [1.807, 2.05) is 21.1 Å². The number of carbonyl (C=O) groups excluding carboxylic acids is 2. The average Bonchev–Trinajstić information content (AvgIpc) is 2.53. The molecule has 28 heavy (non-hydrogen) atoms. The predicted octanol–water partition coefficient (Wildman–Crippen LogP) is 1.39. The van der Waals surface area contributed by atoms with Crippen molar-refractivity contribution in [3.8, 4) is 0 Å². The monoisotopic (exact) mass is 403 g/mol. The lowest BCUT2D eigenvalue weighted by Crippen LogP contribution is -2.45. The van der Waals surface area contributed by atoms with Gasteiger partial charge in [-0.3, -0.25) is 4.79 Å². The third kappa shape index (κ3) is 17.0. The van der Waals surface area contributed by atoms with Crippen molar-refractivity contribution < 1.29 is 34.1 Å². The zero-order valence-electron chi connectivity index (χ0n) is 18.2. The molecule has 0 heterocycles. The lowest BCUT2D eigenvalue weighted by molar-refractivity contribution is -0.873. The largest absolute Gasteiger partial charge is 0.550 e. The van der Waals surface area contributed by atoms with Gasteiger partial charge < -0.3 is 29.3 Å². The number of carboxylic acid groups (broad SMARTS) is 1. The summed E-state index contributed by atoms with van der Waals surface area (Å²) in [5, 5.41) is 30.8. The Bertz CT molecular complexity index is 435. The second-order valence-corrected chi connectivity index (χ2v) is 8.81. The van der Waals surface area contributed by atoms with Gasteiger partial charge in [0.1, 0.15) is 6.54 Å². The van der Waals surface area contributed by atoms with Crippen LogP contribution in [0.1, 0.15) is 77.6 Å². The highest BCUT2D eigenvalue weighted by Gasteiger charge is 2.23. The second-order valence-electron chi connectivity index (χ2n) is 8.81. The van der Waals surface area contributed by atoms with Crippen molar-refractivity contribution in [2.24, 2.45) is 0 Å². The Labute approximate surface area is 170 Å². The zero-order chi connectivity index (χ0) is 21.6. The maximum atomic E-state index is 12.0. The van der Waals surface area contributed by atoms with Crippen LogP contribution in [0.2, 0.25) is 0 Å². The molecule has 0 spiro atoms. The van der Waals surface area contributed by atoms with Crippen molar-refractivity contribution in [2.75, 3.05) is 27.7 Å². The van der Waals surface area contributed by atoms with Gasteiger partial charge >= 0.3 is 5.97 Å². The number of aliphatic hydroxyl groups is 2. The van der Waals surface area contributed by atoms with E-state index in [1.54, 1.807) is 0 Å². The Balaban J connectivity index is 4.04. The van der Waals surface area contributed by atoms with E-state index in [0.29, 0.717) is 23.9 Å². The van der Waals surface area contributed by atoms with Crippen molar-refractivity contribution in [1.29, 1.82) is 0 Å². The van der Waals surface area contributed by atoms with Crippen LogP contribution in [-0.2, 0) is 14.3 Å². The summed E-state index contributed by atoms with van der Waals surface area (Å²) in [4.78, 5) is 22.8. The van der Waals surface area contributed by atoms with E-state index in [-0.39, 0.29) is 18.9 Å². The minimum atomic E-state index is -1.26. The molecular formula is C21H41NO6. The maximum absolute atomic E-state index is 12.0. The highest BCUT2D eigenvalue weighted by Crippen LogP contribution is 2.14. The number of hydrogen-bond donors (Lipinski definition) is 2. The molecule has 3 unspecified atom stereocenters. The number of quaternary nitrogens is 1. The Morgan fingerprint density at radius 1 is 0.893 bits per heavy atom. The fraction of sp³-hybridized carbons (Fsp3) is 0.905. The van der Waals surface area contributed by atoms with Gasteiger partial charge in [-0.05, 0) is 19.3 Å². The van der Waals surface area contributed by atoms with Crippen molar-refractivity contribution in [2.45, 2.75) is 95.9 Å². The molecular weight excluding hydrogens is 362 g/mol. The molecule has 7 nitrogen and oxygen atoms in total. The molecule has 3 atom stereocenters. The van der Waals surface area contributed by atoms with Crippen molar-refractivity contribution in [1.82, 2.24) is 0 Å². The number of rotatable bonds is 17. The molecule has 7 heteroatoms. The van der Waals surface area contributed by atoms with Crippen LogP contribution in [0.25, 0.3) is 0 Å². The number of carboxylic acids is 1. The summed E-state index contributed by atoms with van der Waals surface area (Å²) < 4.78 is 5.69. The summed E-state index contributed by atoms with van der Waals surface area (Å²) in [6.45, 7) is 2.51. The highest BCUT2D eigenvalue weighted by atomic mass is 16.5. The van der Waals surface area contributed by atoms with Gasteiger partial charge in [0.05, 0.1) is 39.8 Å². The summed E-state index contributed by atoms with van der Waals surface area (Å²) in [5.74, 6) is -1.86. The molecule has 0 rings (SSSR count). The summed E-state index contributed by atoms with van der Waals surface area (Å²) in [6.07, 6.45) is 5.71. The number of carbonyl (C=O) groups is 2. The van der Waals surface area contributed by atoms with Gasteiger partial charge in [0.25, 0.3) is 0 Å². The van der Waals surface area contributed by atoms with Crippen LogP contribution in [0.5, 0.6) is 0 Å². The summed E-state index contributed by atoms with van der Waals surface area (Å²) >= 11 is 0. The summed E-state index contributed by atoms with van der Waals surface area (Å²) in [5.41, 5.74) is 0. The zero-order valence-corrected chi connectivity index (χ0v) is 18.2. The first-order valence-corrected chi connectivity index (χ1v) is 10.6. The molecule has 0 fully saturated rings. The molecule has 0 amide bonds. The SMILES string of the molecule is CCCCCCC(O)CCCCC(O)CC(=O)OC(CC(=O)[O-])C[N+](C)(C)C. The van der Waals surface area contributed by atoms with Crippen LogP contribution < -0.4 is 5.11 Å². The van der Waals surface area contributed by atoms with Gasteiger partial charge in [-0.2, -0.15) is 0 Å². The van der Waals surface area contributed by atoms with Crippen molar-refractivity contribution >= 4 is 11.9 Å². The van der Waals surface area contributed by atoms with Crippen LogP contribution in [0, 0.1) is 0 Å². The molecule has 0 aromatic heterocycles. The van der Waals surface area contributed by atoms with Gasteiger partial charge in [-0.25, -0.2) is 0 Å². The van der Waals surface area contributed by atoms with Crippen molar-refractivity contribution in [3.05, 3.63) is 0 Å². The first-order chi connectivity index (χ1) is 13.0. The molecule has 0 aliphatic heterocycles. The number of hydrogen-bond acceptors (Lipinski definition) is 6. The molecule has 0 bridgehead atoms. The predicted molar refractivity (Wildman–Crippen MR) is 106 cm³/mol. The minimum absolute atomic E-state index is 0.153. The van der Waals surface area contributed by atoms with Crippen LogP contribution in [0.15, 0.2) is 0 Å². The Morgan fingerprint density at radius 3 is 1.93 bits per heavy atom. The number of esters is 1. The van der Waals surface area contributed by atoms with Gasteiger partial charge in [-0.15, -0.1) is 0 Å². The fourth-order valence-electron chi connectivity index (χ4n) is 3.18. The third-order valence-corrected chi connectivity index (χ3v) is 4.56. The van der Waals surface area contributed by atoms with E-state index in [4.69, 9.17) is 4.74 Å². The molecule has 2 N–H and O–H groups in total. The minimum Gasteiger partial charge on any atom is -0.550 e. The molecule has 0 aliphatic carbocycles. The molecule has 0 aromatic carbocycles. The van der Waals surface area contributed by atoms with E-state index in [9.17, 15) is 24.9 Å². The standard InChI is InChI=1S/C21H41NO6/c1-5-6-7-8-11-17(23)12-9-10-13-18(24)14-21(27)28-19(15-20(25)26)16-22(2,3)4/h17-19,23-24H,5-16H2,1-4H3. The van der Waals surface area contributed by atoms with Crippen LogP contribution in [0.4, 0.5) is 0 Å². The fourth-order valence-corrected chi connectivity index (χ4v) is 3.18. The smallest absolute Gasteiger partial charge is 0.308 e. The first-order valence-electron chi connectivity index (χ1n) is 10.6. The van der Waals surface area contributed by atoms with Crippen molar-refractivity contribution in [3.63, 3.8) is 0 Å². The van der Waals surface area contributed by atoms with E-state index < -0.39 is 24.1 Å². The topological polar surface area (TPSA) is 107 Å². The summed E-state index contributed by atoms with van der Waals surface area (Å²) in [6, 6.07) is 0. The van der Waals surface area contributed by atoms with Crippen LogP contribution in [-0.4, -0.2) is 72.6 Å². The number of unbranched alkanes of at least 4 members (excludes halogenated alkanes) is 4. The Hall–Kier alpha value is -1.18. The number of aliphatic hydroxyl groups excluding tert-OH is 2. The molecule has 0 saturated heterocycles. The second kappa shape index (κ2) is 14.8. The van der Waals surface area contributed by atoms with E-state index in [0.717, 1.165) is 32.1 Å². The molecule has 0 aromatic rings. The maximum Gasteiger partial charge on any atom is 0.308 e. The first kappa shape index (κ1) is 26.8. The third-order valence-electron chi connectivity index (χ3n) is 4.56. The van der Waals surface area contributed by atoms with E-state index >= 15 is 0 Å². The van der Waals surface area contributed by atoms with E-state index in [2.05, 4.69) is 6.92 Å². The molecule has 0 radical (unpaired) electrons. The number of likely N-dealkylation sites (N-methyl/N-ethyl adjacent to an activating group) is 1. The number of aliphatic carboxylic acids is 1. The number of ether oxygens (including phenoxy) is 1.